The summed E-state index contributed by atoms with van der Waals surface area (Å²) in [6.45, 7) is 1.93. The van der Waals surface area contributed by atoms with E-state index < -0.39 is 6.29 Å². The van der Waals surface area contributed by atoms with Gasteiger partial charge < -0.3 is 15.1 Å². The molecule has 34 heavy (non-hydrogen) atoms. The monoisotopic (exact) mass is 455 g/mol. The van der Waals surface area contributed by atoms with Crippen LogP contribution in [0.15, 0.2) is 83.5 Å². The molecule has 3 heterocycles. The molecule has 2 aromatic carbocycles. The van der Waals surface area contributed by atoms with Crippen LogP contribution < -0.4 is 16.0 Å². The van der Waals surface area contributed by atoms with E-state index in [0.717, 1.165) is 16.7 Å². The zero-order chi connectivity index (χ0) is 23.5. The number of benzene rings is 2. The molecule has 4 aromatic rings. The number of nitrogens with one attached hydrogen (secondary N) is 3. The van der Waals surface area contributed by atoms with Crippen molar-refractivity contribution in [2.24, 2.45) is 0 Å². The van der Waals surface area contributed by atoms with Gasteiger partial charge in [0.1, 0.15) is 11.5 Å². The van der Waals surface area contributed by atoms with Gasteiger partial charge in [-0.25, -0.2) is 4.68 Å². The summed E-state index contributed by atoms with van der Waals surface area (Å²) < 4.78 is 7.04. The minimum atomic E-state index is -0.583. The van der Waals surface area contributed by atoms with E-state index in [-0.39, 0.29) is 24.3 Å². The van der Waals surface area contributed by atoms with Crippen LogP contribution in [0.4, 0.5) is 5.82 Å². The van der Waals surface area contributed by atoms with Crippen molar-refractivity contribution < 1.29 is 14.0 Å². The second kappa shape index (κ2) is 9.36. The second-order valence-electron chi connectivity index (χ2n) is 8.37. The van der Waals surface area contributed by atoms with Crippen molar-refractivity contribution in [3.05, 3.63) is 84.6 Å². The van der Waals surface area contributed by atoms with E-state index in [9.17, 15) is 9.59 Å². The fraction of sp³-hybridized carbons (Fsp3) is 0.192. The first-order valence-corrected chi connectivity index (χ1v) is 11.2. The minimum absolute atomic E-state index is 0.0262. The van der Waals surface area contributed by atoms with Gasteiger partial charge in [0.05, 0.1) is 12.7 Å². The number of amides is 2. The van der Waals surface area contributed by atoms with E-state index in [4.69, 9.17) is 4.42 Å². The molecule has 2 amide bonds. The van der Waals surface area contributed by atoms with Crippen molar-refractivity contribution in [2.75, 3.05) is 5.32 Å². The van der Waals surface area contributed by atoms with Crippen LogP contribution in [0.2, 0.25) is 0 Å². The number of rotatable bonds is 6. The van der Waals surface area contributed by atoms with Crippen molar-refractivity contribution >= 4 is 17.6 Å². The first kappa shape index (κ1) is 21.7. The number of furan rings is 1. The molecule has 2 aromatic heterocycles. The van der Waals surface area contributed by atoms with E-state index in [0.29, 0.717) is 23.7 Å². The Morgan fingerprint density at radius 3 is 2.56 bits per heavy atom. The Hall–Kier alpha value is -4.17. The Morgan fingerprint density at radius 1 is 1.09 bits per heavy atom. The smallest absolute Gasteiger partial charge is 0.229 e. The van der Waals surface area contributed by atoms with Gasteiger partial charge in [-0.2, -0.15) is 5.10 Å². The van der Waals surface area contributed by atoms with Crippen molar-refractivity contribution in [3.8, 4) is 22.6 Å². The summed E-state index contributed by atoms with van der Waals surface area (Å²) in [5.41, 5.74) is 3.68. The van der Waals surface area contributed by atoms with Gasteiger partial charge in [-0.1, -0.05) is 54.6 Å². The fourth-order valence-electron chi connectivity index (χ4n) is 4.04. The molecule has 0 spiro atoms. The first-order valence-electron chi connectivity index (χ1n) is 11.2. The summed E-state index contributed by atoms with van der Waals surface area (Å²) in [5.74, 6) is 0.766. The lowest BCUT2D eigenvalue weighted by molar-refractivity contribution is -0.125. The predicted molar refractivity (Wildman–Crippen MR) is 129 cm³/mol. The Bertz CT molecular complexity index is 1280. The normalized spacial score (nSPS) is 17.9. The molecule has 0 aliphatic carbocycles. The van der Waals surface area contributed by atoms with Gasteiger partial charge >= 0.3 is 0 Å². The molecule has 1 aliphatic heterocycles. The molecule has 1 aliphatic rings. The SMILES string of the molecule is CC1CC(=O)NC(n2nc(-c3ccco3)cc2NC(=O)Cc2ccc(-c3ccccc3)cc2)N1. The number of hydrogen-bond donors (Lipinski definition) is 3. The number of carbonyl (C=O) groups is 2. The highest BCUT2D eigenvalue weighted by Crippen LogP contribution is 2.25. The third-order valence-electron chi connectivity index (χ3n) is 5.68. The molecule has 0 bridgehead atoms. The van der Waals surface area contributed by atoms with Gasteiger partial charge in [0.2, 0.25) is 11.8 Å². The zero-order valence-corrected chi connectivity index (χ0v) is 18.7. The predicted octanol–water partition coefficient (Wildman–Crippen LogP) is 3.95. The molecule has 1 saturated heterocycles. The molecular formula is C26H25N5O3. The highest BCUT2D eigenvalue weighted by molar-refractivity contribution is 5.92. The standard InChI is InChI=1S/C26H25N5O3/c1-17-14-24(32)29-26(27-17)31-23(16-21(30-31)22-8-5-13-34-22)28-25(33)15-18-9-11-20(12-10-18)19-6-3-2-4-7-19/h2-13,16-17,26-27H,14-15H2,1H3,(H,28,33)(H,29,32). The summed E-state index contributed by atoms with van der Waals surface area (Å²) in [6.07, 6.45) is 1.56. The van der Waals surface area contributed by atoms with E-state index in [1.165, 1.54) is 0 Å². The van der Waals surface area contributed by atoms with Crippen molar-refractivity contribution in [1.82, 2.24) is 20.4 Å². The number of nitrogens with zero attached hydrogens (tertiary/aromatic N) is 2. The summed E-state index contributed by atoms with van der Waals surface area (Å²) in [6, 6.07) is 23.3. The molecule has 8 heteroatoms. The van der Waals surface area contributed by atoms with Crippen LogP contribution in [0.3, 0.4) is 0 Å². The lowest BCUT2D eigenvalue weighted by Gasteiger charge is -2.30. The molecule has 8 nitrogen and oxygen atoms in total. The molecule has 172 valence electrons. The van der Waals surface area contributed by atoms with E-state index in [1.807, 2.05) is 49.4 Å². The third kappa shape index (κ3) is 4.77. The lowest BCUT2D eigenvalue weighted by Crippen LogP contribution is -2.52. The quantitative estimate of drug-likeness (QED) is 0.409. The maximum absolute atomic E-state index is 12.9. The van der Waals surface area contributed by atoms with Crippen LogP contribution in [0, 0.1) is 0 Å². The molecule has 3 N–H and O–H groups in total. The lowest BCUT2D eigenvalue weighted by atomic mass is 10.0. The molecular weight excluding hydrogens is 430 g/mol. The van der Waals surface area contributed by atoms with Crippen LogP contribution >= 0.6 is 0 Å². The maximum atomic E-state index is 12.9. The summed E-state index contributed by atoms with van der Waals surface area (Å²) in [4.78, 5) is 25.0. The van der Waals surface area contributed by atoms with Crippen molar-refractivity contribution in [3.63, 3.8) is 0 Å². The number of carbonyl (C=O) groups excluding carboxylic acids is 2. The molecule has 2 unspecified atom stereocenters. The zero-order valence-electron chi connectivity index (χ0n) is 18.7. The second-order valence-corrected chi connectivity index (χ2v) is 8.37. The van der Waals surface area contributed by atoms with Crippen LogP contribution in [-0.2, 0) is 16.0 Å². The van der Waals surface area contributed by atoms with Gasteiger partial charge in [-0.15, -0.1) is 0 Å². The number of anilines is 1. The number of hydrogen-bond acceptors (Lipinski definition) is 5. The Kier molecular flexibility index (Phi) is 5.97. The summed E-state index contributed by atoms with van der Waals surface area (Å²) >= 11 is 0. The number of aromatic nitrogens is 2. The minimum Gasteiger partial charge on any atom is -0.463 e. The van der Waals surface area contributed by atoms with Crippen LogP contribution in [0.25, 0.3) is 22.6 Å². The van der Waals surface area contributed by atoms with Gasteiger partial charge in [-0.05, 0) is 35.7 Å². The highest BCUT2D eigenvalue weighted by Gasteiger charge is 2.27. The molecule has 1 fully saturated rings. The summed E-state index contributed by atoms with van der Waals surface area (Å²) in [7, 11) is 0. The third-order valence-corrected chi connectivity index (χ3v) is 5.68. The molecule has 0 radical (unpaired) electrons. The van der Waals surface area contributed by atoms with E-state index in [2.05, 4.69) is 33.2 Å². The molecule has 2 atom stereocenters. The Balaban J connectivity index is 1.34. The molecule has 5 rings (SSSR count). The Morgan fingerprint density at radius 2 is 1.85 bits per heavy atom. The largest absolute Gasteiger partial charge is 0.463 e. The van der Waals surface area contributed by atoms with Crippen molar-refractivity contribution in [2.45, 2.75) is 32.1 Å². The average Bonchev–Trinajstić information content (AvgIpc) is 3.50. The molecule has 0 saturated carbocycles. The topological polar surface area (TPSA) is 101 Å². The van der Waals surface area contributed by atoms with E-state index in [1.54, 1.807) is 29.1 Å². The highest BCUT2D eigenvalue weighted by atomic mass is 16.3. The van der Waals surface area contributed by atoms with Crippen LogP contribution in [-0.4, -0.2) is 27.6 Å². The van der Waals surface area contributed by atoms with E-state index >= 15 is 0 Å². The summed E-state index contributed by atoms with van der Waals surface area (Å²) in [5, 5.41) is 13.7. The van der Waals surface area contributed by atoms with Gasteiger partial charge in [0.15, 0.2) is 12.0 Å². The maximum Gasteiger partial charge on any atom is 0.229 e. The van der Waals surface area contributed by atoms with Gasteiger partial charge in [0, 0.05) is 18.5 Å². The van der Waals surface area contributed by atoms with Gasteiger partial charge in [0.25, 0.3) is 0 Å². The first-order chi connectivity index (χ1) is 16.5. The average molecular weight is 456 g/mol. The fourth-order valence-corrected chi connectivity index (χ4v) is 4.04. The Labute approximate surface area is 197 Å². The van der Waals surface area contributed by atoms with Crippen LogP contribution in [0.5, 0.6) is 0 Å². The van der Waals surface area contributed by atoms with Gasteiger partial charge in [-0.3, -0.25) is 14.9 Å². The van der Waals surface area contributed by atoms with Crippen LogP contribution in [0.1, 0.15) is 25.2 Å². The van der Waals surface area contributed by atoms with Crippen molar-refractivity contribution in [1.29, 1.82) is 0 Å².